The number of rotatable bonds is 2. The summed E-state index contributed by atoms with van der Waals surface area (Å²) in [6.07, 6.45) is 4.75. The average Bonchev–Trinajstić information content (AvgIpc) is 2.54. The van der Waals surface area contributed by atoms with Crippen LogP contribution >= 0.6 is 0 Å². The van der Waals surface area contributed by atoms with Crippen molar-refractivity contribution in [1.29, 1.82) is 0 Å². The average molecular weight is 288 g/mol. The molecule has 21 heavy (non-hydrogen) atoms. The first-order valence-corrected chi connectivity index (χ1v) is 7.92. The molecule has 2 aliphatic rings. The van der Waals surface area contributed by atoms with Gasteiger partial charge in [-0.3, -0.25) is 4.90 Å². The maximum atomic E-state index is 11.6. The number of piperidine rings is 1. The highest BCUT2D eigenvalue weighted by molar-refractivity contribution is 5.68. The van der Waals surface area contributed by atoms with Gasteiger partial charge in [0, 0.05) is 19.6 Å². The van der Waals surface area contributed by atoms with Crippen molar-refractivity contribution in [3.63, 3.8) is 0 Å². The lowest BCUT2D eigenvalue weighted by atomic mass is 9.97. The molecule has 1 aromatic rings. The lowest BCUT2D eigenvalue weighted by molar-refractivity contribution is 0.118. The second-order valence-electron chi connectivity index (χ2n) is 6.08. The van der Waals surface area contributed by atoms with Crippen molar-refractivity contribution in [2.75, 3.05) is 26.7 Å². The van der Waals surface area contributed by atoms with E-state index in [1.165, 1.54) is 56.2 Å². The third-order valence-corrected chi connectivity index (χ3v) is 4.57. The SMILES string of the molecule is COC(=O)N1CCc2cc(CN3CCCCC3)ccc2C1. The van der Waals surface area contributed by atoms with Crippen molar-refractivity contribution in [3.05, 3.63) is 34.9 Å². The predicted octanol–water partition coefficient (Wildman–Crippen LogP) is 2.80. The molecule has 0 saturated carbocycles. The van der Waals surface area contributed by atoms with Crippen LogP contribution in [-0.4, -0.2) is 42.6 Å². The molecule has 2 aliphatic heterocycles. The fourth-order valence-corrected chi connectivity index (χ4v) is 3.37. The summed E-state index contributed by atoms with van der Waals surface area (Å²) in [7, 11) is 1.44. The summed E-state index contributed by atoms with van der Waals surface area (Å²) >= 11 is 0. The van der Waals surface area contributed by atoms with Crippen molar-refractivity contribution in [2.24, 2.45) is 0 Å². The lowest BCUT2D eigenvalue weighted by Crippen LogP contribution is -2.36. The highest BCUT2D eigenvalue weighted by atomic mass is 16.5. The van der Waals surface area contributed by atoms with Crippen molar-refractivity contribution in [2.45, 2.75) is 38.8 Å². The molecule has 0 bridgehead atoms. The van der Waals surface area contributed by atoms with Crippen molar-refractivity contribution < 1.29 is 9.53 Å². The number of ether oxygens (including phenoxy) is 1. The van der Waals surface area contributed by atoms with Crippen LogP contribution in [0.4, 0.5) is 4.79 Å². The van der Waals surface area contributed by atoms with Gasteiger partial charge in [0.25, 0.3) is 0 Å². The molecule has 0 aromatic heterocycles. The second-order valence-corrected chi connectivity index (χ2v) is 6.08. The summed E-state index contributed by atoms with van der Waals surface area (Å²) in [6, 6.07) is 6.73. The van der Waals surface area contributed by atoms with Crippen LogP contribution in [0.25, 0.3) is 0 Å². The van der Waals surface area contributed by atoms with Crippen molar-refractivity contribution >= 4 is 6.09 Å². The molecule has 0 radical (unpaired) electrons. The molecule has 4 nitrogen and oxygen atoms in total. The second kappa shape index (κ2) is 6.48. The van der Waals surface area contributed by atoms with Gasteiger partial charge >= 0.3 is 6.09 Å². The molecule has 1 fully saturated rings. The topological polar surface area (TPSA) is 32.8 Å². The molecule has 2 heterocycles. The van der Waals surface area contributed by atoms with Crippen LogP contribution < -0.4 is 0 Å². The zero-order valence-electron chi connectivity index (χ0n) is 12.8. The van der Waals surface area contributed by atoms with Crippen LogP contribution in [0.1, 0.15) is 36.0 Å². The number of nitrogens with zero attached hydrogens (tertiary/aromatic N) is 2. The Morgan fingerprint density at radius 2 is 1.95 bits per heavy atom. The largest absolute Gasteiger partial charge is 0.453 e. The van der Waals surface area contributed by atoms with Gasteiger partial charge in [-0.05, 0) is 49.0 Å². The van der Waals surface area contributed by atoms with E-state index in [9.17, 15) is 4.79 Å². The molecule has 0 unspecified atom stereocenters. The maximum Gasteiger partial charge on any atom is 0.409 e. The summed E-state index contributed by atoms with van der Waals surface area (Å²) in [6.45, 7) is 4.95. The quantitative estimate of drug-likeness (QED) is 0.839. The minimum atomic E-state index is -0.224. The van der Waals surface area contributed by atoms with E-state index >= 15 is 0 Å². The van der Waals surface area contributed by atoms with E-state index in [2.05, 4.69) is 23.1 Å². The first-order chi connectivity index (χ1) is 10.3. The molecule has 1 amide bonds. The number of hydrogen-bond donors (Lipinski definition) is 0. The van der Waals surface area contributed by atoms with Gasteiger partial charge in [-0.2, -0.15) is 0 Å². The van der Waals surface area contributed by atoms with E-state index in [-0.39, 0.29) is 6.09 Å². The molecule has 3 rings (SSSR count). The molecule has 0 spiro atoms. The van der Waals surface area contributed by atoms with Gasteiger partial charge in [0.1, 0.15) is 0 Å². The summed E-state index contributed by atoms with van der Waals surface area (Å²) < 4.78 is 4.81. The van der Waals surface area contributed by atoms with Gasteiger partial charge in [-0.1, -0.05) is 24.6 Å². The monoisotopic (exact) mass is 288 g/mol. The summed E-state index contributed by atoms with van der Waals surface area (Å²) in [5.74, 6) is 0. The van der Waals surface area contributed by atoms with E-state index in [0.717, 1.165) is 19.5 Å². The number of carbonyl (C=O) groups is 1. The smallest absolute Gasteiger partial charge is 0.409 e. The van der Waals surface area contributed by atoms with Crippen LogP contribution in [0.15, 0.2) is 18.2 Å². The van der Waals surface area contributed by atoms with E-state index in [1.54, 1.807) is 4.90 Å². The molecule has 0 N–H and O–H groups in total. The first kappa shape index (κ1) is 14.4. The predicted molar refractivity (Wildman–Crippen MR) is 82.1 cm³/mol. The summed E-state index contributed by atoms with van der Waals surface area (Å²) in [4.78, 5) is 15.9. The minimum Gasteiger partial charge on any atom is -0.453 e. The Balaban J connectivity index is 1.66. The Morgan fingerprint density at radius 3 is 2.71 bits per heavy atom. The first-order valence-electron chi connectivity index (χ1n) is 7.92. The number of benzene rings is 1. The summed E-state index contributed by atoms with van der Waals surface area (Å²) in [5, 5.41) is 0. The van der Waals surface area contributed by atoms with E-state index in [1.807, 2.05) is 0 Å². The van der Waals surface area contributed by atoms with Crippen molar-refractivity contribution in [3.8, 4) is 0 Å². The Bertz CT molecular complexity index is 510. The number of likely N-dealkylation sites (tertiary alicyclic amines) is 1. The zero-order chi connectivity index (χ0) is 14.7. The highest BCUT2D eigenvalue weighted by Crippen LogP contribution is 2.22. The molecule has 1 saturated heterocycles. The van der Waals surface area contributed by atoms with Gasteiger partial charge < -0.3 is 9.64 Å². The standard InChI is InChI=1S/C17H24N2O2/c1-21-17(20)19-10-7-15-11-14(5-6-16(15)13-19)12-18-8-3-2-4-9-18/h5-6,11H,2-4,7-10,12-13H2,1H3. The molecular weight excluding hydrogens is 264 g/mol. The number of hydrogen-bond acceptors (Lipinski definition) is 3. The third kappa shape index (κ3) is 3.38. The Labute approximate surface area is 126 Å². The molecule has 114 valence electrons. The third-order valence-electron chi connectivity index (χ3n) is 4.57. The van der Waals surface area contributed by atoms with Gasteiger partial charge in [-0.15, -0.1) is 0 Å². The number of methoxy groups -OCH3 is 1. The Hall–Kier alpha value is -1.55. The molecule has 1 aromatic carbocycles. The normalized spacial score (nSPS) is 19.2. The lowest BCUT2D eigenvalue weighted by Gasteiger charge is -2.29. The highest BCUT2D eigenvalue weighted by Gasteiger charge is 2.21. The van der Waals surface area contributed by atoms with Crippen LogP contribution in [-0.2, 0) is 24.2 Å². The molecular formula is C17H24N2O2. The van der Waals surface area contributed by atoms with E-state index in [0.29, 0.717) is 6.54 Å². The molecule has 0 aliphatic carbocycles. The fraction of sp³-hybridized carbons (Fsp3) is 0.588. The van der Waals surface area contributed by atoms with Gasteiger partial charge in [0.15, 0.2) is 0 Å². The zero-order valence-corrected chi connectivity index (χ0v) is 12.8. The number of carbonyl (C=O) groups excluding carboxylic acids is 1. The maximum absolute atomic E-state index is 11.6. The van der Waals surface area contributed by atoms with Crippen LogP contribution in [0.2, 0.25) is 0 Å². The summed E-state index contributed by atoms with van der Waals surface area (Å²) in [5.41, 5.74) is 4.06. The van der Waals surface area contributed by atoms with Crippen LogP contribution in [0, 0.1) is 0 Å². The van der Waals surface area contributed by atoms with E-state index < -0.39 is 0 Å². The number of fused-ring (bicyclic) bond motifs is 1. The van der Waals surface area contributed by atoms with Crippen LogP contribution in [0.5, 0.6) is 0 Å². The van der Waals surface area contributed by atoms with Crippen molar-refractivity contribution in [1.82, 2.24) is 9.80 Å². The molecule has 0 atom stereocenters. The van der Waals surface area contributed by atoms with E-state index in [4.69, 9.17) is 4.74 Å². The Kier molecular flexibility index (Phi) is 4.44. The van der Waals surface area contributed by atoms with Crippen LogP contribution in [0.3, 0.4) is 0 Å². The Morgan fingerprint density at radius 1 is 1.14 bits per heavy atom. The molecule has 4 heteroatoms. The van der Waals surface area contributed by atoms with Gasteiger partial charge in [-0.25, -0.2) is 4.79 Å². The van der Waals surface area contributed by atoms with Gasteiger partial charge in [0.2, 0.25) is 0 Å². The fourth-order valence-electron chi connectivity index (χ4n) is 3.37. The van der Waals surface area contributed by atoms with Gasteiger partial charge in [0.05, 0.1) is 7.11 Å². The minimum absolute atomic E-state index is 0.224. The number of amides is 1.